The number of rotatable bonds is 4. The number of nitrogens with zero attached hydrogens (tertiary/aromatic N) is 1. The average Bonchev–Trinajstić information content (AvgIpc) is 2.40. The van der Waals surface area contributed by atoms with Gasteiger partial charge >= 0.3 is 0 Å². The molecule has 0 saturated heterocycles. The third kappa shape index (κ3) is 3.67. The maximum atomic E-state index is 12.0. The van der Waals surface area contributed by atoms with E-state index in [0.29, 0.717) is 17.9 Å². The van der Waals surface area contributed by atoms with Crippen molar-refractivity contribution >= 4 is 5.78 Å². The lowest BCUT2D eigenvalue weighted by atomic mass is 10.1. The standard InChI is InChI=1S/C14H14NO2.BrH/c1-17-13-7-5-6-12(10-13)14(16)11-15-8-3-2-4-9-15;/h2-10H,11H2,1H3;1H/q+1;/p-1. The first kappa shape index (κ1) is 14.4. The van der Waals surface area contributed by atoms with Gasteiger partial charge in [0.05, 0.1) is 7.11 Å². The fraction of sp³-hybridized carbons (Fsp3) is 0.143. The third-order valence-corrected chi connectivity index (χ3v) is 2.50. The number of hydrogen-bond donors (Lipinski definition) is 0. The fourth-order valence-electron chi connectivity index (χ4n) is 1.59. The van der Waals surface area contributed by atoms with Crippen molar-refractivity contribution in [1.29, 1.82) is 0 Å². The van der Waals surface area contributed by atoms with Gasteiger partial charge in [-0.3, -0.25) is 4.79 Å². The van der Waals surface area contributed by atoms with Crippen LogP contribution >= 0.6 is 0 Å². The Labute approximate surface area is 117 Å². The molecule has 4 heteroatoms. The van der Waals surface area contributed by atoms with Crippen LogP contribution in [0.4, 0.5) is 0 Å². The van der Waals surface area contributed by atoms with Gasteiger partial charge in [0, 0.05) is 17.7 Å². The molecule has 0 fully saturated rings. The monoisotopic (exact) mass is 307 g/mol. The first-order valence-corrected chi connectivity index (χ1v) is 5.41. The van der Waals surface area contributed by atoms with Gasteiger partial charge in [-0.05, 0) is 12.1 Å². The molecule has 18 heavy (non-hydrogen) atoms. The molecule has 1 heterocycles. The lowest BCUT2D eigenvalue weighted by molar-refractivity contribution is -0.683. The number of carbonyl (C=O) groups is 1. The van der Waals surface area contributed by atoms with Crippen molar-refractivity contribution in [2.45, 2.75) is 6.54 Å². The zero-order chi connectivity index (χ0) is 12.1. The minimum absolute atomic E-state index is 0. The van der Waals surface area contributed by atoms with Gasteiger partial charge in [0.15, 0.2) is 12.4 Å². The van der Waals surface area contributed by atoms with Gasteiger partial charge in [-0.15, -0.1) is 0 Å². The molecule has 0 aliphatic heterocycles. The minimum Gasteiger partial charge on any atom is -1.00 e. The highest BCUT2D eigenvalue weighted by Crippen LogP contribution is 2.12. The summed E-state index contributed by atoms with van der Waals surface area (Å²) in [4.78, 5) is 12.0. The summed E-state index contributed by atoms with van der Waals surface area (Å²) in [6.45, 7) is 0.341. The van der Waals surface area contributed by atoms with E-state index >= 15 is 0 Å². The molecule has 1 aromatic carbocycles. The average molecular weight is 308 g/mol. The van der Waals surface area contributed by atoms with E-state index in [-0.39, 0.29) is 22.8 Å². The predicted octanol–water partition coefficient (Wildman–Crippen LogP) is -1.13. The third-order valence-electron chi connectivity index (χ3n) is 2.50. The smallest absolute Gasteiger partial charge is 0.227 e. The summed E-state index contributed by atoms with van der Waals surface area (Å²) in [6.07, 6.45) is 3.75. The molecule has 0 saturated carbocycles. The molecule has 0 amide bonds. The van der Waals surface area contributed by atoms with Crippen molar-refractivity contribution in [3.05, 3.63) is 60.4 Å². The van der Waals surface area contributed by atoms with Crippen molar-refractivity contribution in [3.63, 3.8) is 0 Å². The van der Waals surface area contributed by atoms with Crippen LogP contribution in [0.5, 0.6) is 5.75 Å². The van der Waals surface area contributed by atoms with Crippen molar-refractivity contribution < 1.29 is 31.1 Å². The summed E-state index contributed by atoms with van der Waals surface area (Å²) in [5.74, 6) is 0.772. The first-order valence-electron chi connectivity index (χ1n) is 5.41. The van der Waals surface area contributed by atoms with E-state index in [1.165, 1.54) is 0 Å². The van der Waals surface area contributed by atoms with E-state index in [1.54, 1.807) is 19.2 Å². The van der Waals surface area contributed by atoms with Gasteiger partial charge < -0.3 is 21.7 Å². The summed E-state index contributed by atoms with van der Waals surface area (Å²) in [5, 5.41) is 0. The van der Waals surface area contributed by atoms with E-state index in [1.807, 2.05) is 47.3 Å². The number of hydrogen-bond acceptors (Lipinski definition) is 2. The Morgan fingerprint density at radius 3 is 2.56 bits per heavy atom. The second-order valence-corrected chi connectivity index (χ2v) is 3.70. The highest BCUT2D eigenvalue weighted by atomic mass is 79.9. The van der Waals surface area contributed by atoms with E-state index in [0.717, 1.165) is 0 Å². The first-order chi connectivity index (χ1) is 8.29. The molecule has 0 unspecified atom stereocenters. The number of pyridine rings is 1. The quantitative estimate of drug-likeness (QED) is 0.529. The zero-order valence-electron chi connectivity index (χ0n) is 10.0. The molecule has 0 bridgehead atoms. The summed E-state index contributed by atoms with van der Waals surface area (Å²) < 4.78 is 6.95. The Morgan fingerprint density at radius 1 is 1.17 bits per heavy atom. The number of ether oxygens (including phenoxy) is 1. The summed E-state index contributed by atoms with van der Waals surface area (Å²) in [5.41, 5.74) is 0.667. The van der Waals surface area contributed by atoms with Crippen LogP contribution in [0.25, 0.3) is 0 Å². The molecule has 2 rings (SSSR count). The second-order valence-electron chi connectivity index (χ2n) is 3.70. The Bertz CT molecular complexity index is 514. The van der Waals surface area contributed by atoms with Crippen molar-refractivity contribution in [1.82, 2.24) is 0 Å². The molecule has 0 atom stereocenters. The van der Waals surface area contributed by atoms with Crippen molar-refractivity contribution in [2.24, 2.45) is 0 Å². The van der Waals surface area contributed by atoms with Crippen LogP contribution in [0, 0.1) is 0 Å². The molecule has 2 aromatic rings. The molecule has 0 aliphatic carbocycles. The van der Waals surface area contributed by atoms with Gasteiger partial charge in [-0.2, -0.15) is 4.57 Å². The number of carbonyl (C=O) groups excluding carboxylic acids is 1. The van der Waals surface area contributed by atoms with Crippen molar-refractivity contribution in [2.75, 3.05) is 7.11 Å². The number of halogens is 1. The number of ketones is 1. The lowest BCUT2D eigenvalue weighted by Crippen LogP contribution is -3.00. The molecule has 0 spiro atoms. The Morgan fingerprint density at radius 2 is 1.89 bits per heavy atom. The van der Waals surface area contributed by atoms with Gasteiger partial charge in [0.1, 0.15) is 5.75 Å². The Kier molecular flexibility index (Phi) is 5.52. The topological polar surface area (TPSA) is 30.2 Å². The van der Waals surface area contributed by atoms with Crippen LogP contribution in [0.15, 0.2) is 54.9 Å². The molecule has 3 nitrogen and oxygen atoms in total. The summed E-state index contributed by atoms with van der Waals surface area (Å²) >= 11 is 0. The maximum absolute atomic E-state index is 12.0. The molecule has 0 aliphatic rings. The van der Waals surface area contributed by atoms with Crippen molar-refractivity contribution in [3.8, 4) is 5.75 Å². The molecule has 0 N–H and O–H groups in total. The maximum Gasteiger partial charge on any atom is 0.227 e. The normalized spacial score (nSPS) is 9.39. The van der Waals surface area contributed by atoms with E-state index in [9.17, 15) is 4.79 Å². The summed E-state index contributed by atoms with van der Waals surface area (Å²) in [7, 11) is 1.59. The van der Waals surface area contributed by atoms with Gasteiger partial charge in [-0.1, -0.05) is 18.2 Å². The van der Waals surface area contributed by atoms with Crippen LogP contribution in [0.1, 0.15) is 10.4 Å². The van der Waals surface area contributed by atoms with Gasteiger partial charge in [0.25, 0.3) is 0 Å². The van der Waals surface area contributed by atoms with E-state index < -0.39 is 0 Å². The van der Waals surface area contributed by atoms with E-state index in [2.05, 4.69) is 0 Å². The zero-order valence-corrected chi connectivity index (χ0v) is 11.6. The highest BCUT2D eigenvalue weighted by molar-refractivity contribution is 5.95. The van der Waals surface area contributed by atoms with E-state index in [4.69, 9.17) is 4.74 Å². The molecular formula is C14H14BrNO2. The van der Waals surface area contributed by atoms with Crippen LogP contribution in [-0.4, -0.2) is 12.9 Å². The van der Waals surface area contributed by atoms with Crippen LogP contribution in [0.2, 0.25) is 0 Å². The minimum atomic E-state index is 0. The fourth-order valence-corrected chi connectivity index (χ4v) is 1.59. The predicted molar refractivity (Wildman–Crippen MR) is 64.0 cm³/mol. The number of Topliss-reactive ketones (excluding diaryl/α,β-unsaturated/α-hetero) is 1. The number of benzene rings is 1. The Hall–Kier alpha value is -1.68. The lowest BCUT2D eigenvalue weighted by Gasteiger charge is -2.01. The number of aromatic nitrogens is 1. The van der Waals surface area contributed by atoms with Crippen LogP contribution < -0.4 is 26.3 Å². The SMILES string of the molecule is COc1cccc(C(=O)C[n+]2ccccc2)c1.[Br-]. The van der Waals surface area contributed by atoms with Crippen LogP contribution in [-0.2, 0) is 6.54 Å². The van der Waals surface area contributed by atoms with Gasteiger partial charge in [-0.25, -0.2) is 0 Å². The molecule has 94 valence electrons. The number of methoxy groups -OCH3 is 1. The largest absolute Gasteiger partial charge is 1.00 e. The second kappa shape index (κ2) is 6.91. The molecule has 1 aromatic heterocycles. The molecule has 0 radical (unpaired) electrons. The summed E-state index contributed by atoms with van der Waals surface area (Å²) in [6, 6.07) is 12.9. The molecular weight excluding hydrogens is 294 g/mol. The van der Waals surface area contributed by atoms with Crippen LogP contribution in [0.3, 0.4) is 0 Å². The Balaban J connectivity index is 0.00000162. The highest BCUT2D eigenvalue weighted by Gasteiger charge is 2.11. The van der Waals surface area contributed by atoms with Gasteiger partial charge in [0.2, 0.25) is 12.3 Å².